The van der Waals surface area contributed by atoms with Gasteiger partial charge in [-0.15, -0.1) is 11.6 Å². The minimum Gasteiger partial charge on any atom is -0.445 e. The Morgan fingerprint density at radius 2 is 2.00 bits per heavy atom. The SMILES string of the molecule is O=C(OCc1ccccc1)N1CCN(C(=O)CCl)C(CO)C1. The average Bonchev–Trinajstić information content (AvgIpc) is 2.59. The number of ether oxygens (including phenoxy) is 1. The van der Waals surface area contributed by atoms with Crippen molar-refractivity contribution in [3.8, 4) is 0 Å². The Labute approximate surface area is 134 Å². The van der Waals surface area contributed by atoms with Gasteiger partial charge in [-0.25, -0.2) is 4.79 Å². The van der Waals surface area contributed by atoms with Crippen molar-refractivity contribution in [3.05, 3.63) is 35.9 Å². The molecular weight excluding hydrogens is 308 g/mol. The van der Waals surface area contributed by atoms with Crippen LogP contribution in [0.2, 0.25) is 0 Å². The molecule has 1 aliphatic rings. The molecule has 1 atom stereocenters. The molecule has 1 aromatic carbocycles. The van der Waals surface area contributed by atoms with Crippen molar-refractivity contribution < 1.29 is 19.4 Å². The van der Waals surface area contributed by atoms with Gasteiger partial charge in [0.15, 0.2) is 0 Å². The quantitative estimate of drug-likeness (QED) is 0.840. The van der Waals surface area contributed by atoms with Crippen molar-refractivity contribution in [1.29, 1.82) is 0 Å². The topological polar surface area (TPSA) is 70.1 Å². The van der Waals surface area contributed by atoms with Gasteiger partial charge < -0.3 is 19.6 Å². The Morgan fingerprint density at radius 1 is 1.27 bits per heavy atom. The first-order valence-electron chi connectivity index (χ1n) is 7.07. The fourth-order valence-corrected chi connectivity index (χ4v) is 2.55. The summed E-state index contributed by atoms with van der Waals surface area (Å²) in [7, 11) is 0. The number of amides is 2. The second kappa shape index (κ2) is 8.00. The highest BCUT2D eigenvalue weighted by atomic mass is 35.5. The molecule has 2 amide bonds. The van der Waals surface area contributed by atoms with Crippen LogP contribution in [0.1, 0.15) is 5.56 Å². The van der Waals surface area contributed by atoms with Gasteiger partial charge in [0.05, 0.1) is 12.6 Å². The minimum absolute atomic E-state index is 0.130. The van der Waals surface area contributed by atoms with Crippen LogP contribution in [0.3, 0.4) is 0 Å². The molecule has 0 bridgehead atoms. The molecule has 0 aliphatic carbocycles. The van der Waals surface area contributed by atoms with E-state index in [0.717, 1.165) is 5.56 Å². The van der Waals surface area contributed by atoms with Crippen molar-refractivity contribution in [3.63, 3.8) is 0 Å². The zero-order chi connectivity index (χ0) is 15.9. The summed E-state index contributed by atoms with van der Waals surface area (Å²) in [6, 6.07) is 8.96. The van der Waals surface area contributed by atoms with Gasteiger partial charge in [-0.1, -0.05) is 30.3 Å². The zero-order valence-corrected chi connectivity index (χ0v) is 12.9. The number of carbonyl (C=O) groups is 2. The first-order chi connectivity index (χ1) is 10.7. The van der Waals surface area contributed by atoms with Gasteiger partial charge in [0.25, 0.3) is 0 Å². The minimum atomic E-state index is -0.444. The lowest BCUT2D eigenvalue weighted by Crippen LogP contribution is -2.58. The molecule has 2 rings (SSSR count). The van der Waals surface area contributed by atoms with E-state index in [2.05, 4.69) is 0 Å². The standard InChI is InChI=1S/C15H19ClN2O4/c16-8-14(20)18-7-6-17(9-13(18)10-19)15(21)22-11-12-4-2-1-3-5-12/h1-5,13,19H,6-11H2. The van der Waals surface area contributed by atoms with Crippen molar-refractivity contribution in [2.45, 2.75) is 12.6 Å². The smallest absolute Gasteiger partial charge is 0.410 e. The van der Waals surface area contributed by atoms with Gasteiger partial charge in [0, 0.05) is 19.6 Å². The fourth-order valence-electron chi connectivity index (χ4n) is 2.39. The molecule has 0 aromatic heterocycles. The summed E-state index contributed by atoms with van der Waals surface area (Å²) >= 11 is 5.55. The Balaban J connectivity index is 1.88. The Bertz CT molecular complexity index is 512. The highest BCUT2D eigenvalue weighted by Gasteiger charge is 2.32. The van der Waals surface area contributed by atoms with Gasteiger partial charge in [-0.05, 0) is 5.56 Å². The molecule has 1 saturated heterocycles. The number of piperazine rings is 1. The van der Waals surface area contributed by atoms with Crippen LogP contribution in [-0.2, 0) is 16.1 Å². The second-order valence-corrected chi connectivity index (χ2v) is 5.31. The van der Waals surface area contributed by atoms with Crippen LogP contribution in [0.5, 0.6) is 0 Å². The van der Waals surface area contributed by atoms with Crippen molar-refractivity contribution in [1.82, 2.24) is 9.80 Å². The second-order valence-electron chi connectivity index (χ2n) is 5.04. The summed E-state index contributed by atoms with van der Waals surface area (Å²) in [6.07, 6.45) is -0.444. The number of carbonyl (C=O) groups excluding carboxylic acids is 2. The molecule has 1 unspecified atom stereocenters. The van der Waals surface area contributed by atoms with E-state index in [1.807, 2.05) is 30.3 Å². The van der Waals surface area contributed by atoms with Crippen LogP contribution in [0.4, 0.5) is 4.79 Å². The highest BCUT2D eigenvalue weighted by molar-refractivity contribution is 6.27. The van der Waals surface area contributed by atoms with E-state index < -0.39 is 12.1 Å². The number of hydrogen-bond acceptors (Lipinski definition) is 4. The van der Waals surface area contributed by atoms with E-state index in [4.69, 9.17) is 16.3 Å². The Morgan fingerprint density at radius 3 is 2.64 bits per heavy atom. The number of benzene rings is 1. The van der Waals surface area contributed by atoms with E-state index >= 15 is 0 Å². The maximum absolute atomic E-state index is 12.1. The monoisotopic (exact) mass is 326 g/mol. The zero-order valence-electron chi connectivity index (χ0n) is 12.2. The third kappa shape index (κ3) is 4.11. The summed E-state index contributed by atoms with van der Waals surface area (Å²) in [4.78, 5) is 26.8. The average molecular weight is 327 g/mol. The van der Waals surface area contributed by atoms with Crippen molar-refractivity contribution in [2.75, 3.05) is 32.1 Å². The number of alkyl halides is 1. The van der Waals surface area contributed by atoms with Gasteiger partial charge >= 0.3 is 6.09 Å². The summed E-state index contributed by atoms with van der Waals surface area (Å²) in [5, 5.41) is 9.40. The molecule has 6 nitrogen and oxygen atoms in total. The van der Waals surface area contributed by atoms with Gasteiger partial charge in [-0.2, -0.15) is 0 Å². The lowest BCUT2D eigenvalue weighted by Gasteiger charge is -2.39. The normalized spacial score (nSPS) is 18.2. The van der Waals surface area contributed by atoms with Crippen LogP contribution in [0.15, 0.2) is 30.3 Å². The van der Waals surface area contributed by atoms with E-state index in [0.29, 0.717) is 13.1 Å². The molecule has 0 saturated carbocycles. The molecule has 0 radical (unpaired) electrons. The van der Waals surface area contributed by atoms with Gasteiger partial charge in [-0.3, -0.25) is 4.79 Å². The molecule has 1 heterocycles. The van der Waals surface area contributed by atoms with Crippen LogP contribution in [0, 0.1) is 0 Å². The summed E-state index contributed by atoms with van der Waals surface area (Å²) in [6.45, 7) is 0.937. The Kier molecular flexibility index (Phi) is 6.03. The molecular formula is C15H19ClN2O4. The molecule has 22 heavy (non-hydrogen) atoms. The van der Waals surface area contributed by atoms with E-state index in [9.17, 15) is 14.7 Å². The highest BCUT2D eigenvalue weighted by Crippen LogP contribution is 2.12. The number of nitrogens with zero attached hydrogens (tertiary/aromatic N) is 2. The predicted molar refractivity (Wildman–Crippen MR) is 81.5 cm³/mol. The third-order valence-corrected chi connectivity index (χ3v) is 3.82. The first-order valence-corrected chi connectivity index (χ1v) is 7.61. The number of aliphatic hydroxyl groups is 1. The predicted octanol–water partition coefficient (Wildman–Crippen LogP) is 1.07. The largest absolute Gasteiger partial charge is 0.445 e. The lowest BCUT2D eigenvalue weighted by atomic mass is 10.2. The Hall–Kier alpha value is -1.79. The number of rotatable bonds is 4. The van der Waals surface area contributed by atoms with Gasteiger partial charge in [0.1, 0.15) is 12.5 Å². The maximum atomic E-state index is 12.1. The lowest BCUT2D eigenvalue weighted by molar-refractivity contribution is -0.134. The summed E-state index contributed by atoms with van der Waals surface area (Å²) in [5.41, 5.74) is 0.908. The van der Waals surface area contributed by atoms with Crippen molar-refractivity contribution in [2.24, 2.45) is 0 Å². The van der Waals surface area contributed by atoms with Crippen LogP contribution < -0.4 is 0 Å². The molecule has 1 N–H and O–H groups in total. The number of hydrogen-bond donors (Lipinski definition) is 1. The van der Waals surface area contributed by atoms with Crippen LogP contribution >= 0.6 is 11.6 Å². The number of aliphatic hydroxyl groups excluding tert-OH is 1. The summed E-state index contributed by atoms with van der Waals surface area (Å²) in [5.74, 6) is -0.368. The molecule has 1 aliphatic heterocycles. The van der Waals surface area contributed by atoms with E-state index in [-0.39, 0.29) is 31.5 Å². The number of halogens is 1. The molecule has 1 fully saturated rings. The summed E-state index contributed by atoms with van der Waals surface area (Å²) < 4.78 is 5.26. The van der Waals surface area contributed by atoms with E-state index in [1.54, 1.807) is 0 Å². The van der Waals surface area contributed by atoms with Crippen LogP contribution in [-0.4, -0.2) is 65.1 Å². The third-order valence-electron chi connectivity index (χ3n) is 3.59. The van der Waals surface area contributed by atoms with E-state index in [1.165, 1.54) is 9.80 Å². The molecule has 7 heteroatoms. The first kappa shape index (κ1) is 16.6. The van der Waals surface area contributed by atoms with Gasteiger partial charge in [0.2, 0.25) is 5.91 Å². The van der Waals surface area contributed by atoms with Crippen molar-refractivity contribution >= 4 is 23.6 Å². The molecule has 120 valence electrons. The maximum Gasteiger partial charge on any atom is 0.410 e. The molecule has 0 spiro atoms. The fraction of sp³-hybridized carbons (Fsp3) is 0.467. The van der Waals surface area contributed by atoms with Crippen LogP contribution in [0.25, 0.3) is 0 Å². The molecule has 1 aromatic rings.